The summed E-state index contributed by atoms with van der Waals surface area (Å²) in [6.07, 6.45) is 1.72. The predicted octanol–water partition coefficient (Wildman–Crippen LogP) is 2.89. The monoisotopic (exact) mass is 379 g/mol. The summed E-state index contributed by atoms with van der Waals surface area (Å²) in [5.74, 6) is 0.236. The molecule has 0 atom stereocenters. The molecular weight excluding hydrogens is 366 g/mol. The third kappa shape index (κ3) is 3.46. The Morgan fingerprint density at radius 3 is 2.60 bits per heavy atom. The fraction of sp³-hybridized carbons (Fsp3) is 0.0833. The molecule has 0 aliphatic carbocycles. The molecule has 2 rings (SSSR count). The van der Waals surface area contributed by atoms with Crippen LogP contribution in [0.4, 0.5) is 0 Å². The van der Waals surface area contributed by atoms with E-state index in [1.165, 1.54) is 0 Å². The number of phenols is 1. The van der Waals surface area contributed by atoms with Crippen LogP contribution >= 0.6 is 0 Å². The molecule has 0 saturated heterocycles. The summed E-state index contributed by atoms with van der Waals surface area (Å²) >= 11 is 0. The summed E-state index contributed by atoms with van der Waals surface area (Å²) in [5.41, 5.74) is 1.62. The van der Waals surface area contributed by atoms with Crippen LogP contribution in [0.25, 0.3) is 11.3 Å². The van der Waals surface area contributed by atoms with E-state index in [1.807, 2.05) is 18.2 Å². The minimum absolute atomic E-state index is 0. The summed E-state index contributed by atoms with van der Waals surface area (Å²) < 4.78 is 0. The van der Waals surface area contributed by atoms with Crippen LogP contribution < -0.4 is 0 Å². The molecule has 0 spiro atoms. The third-order valence-corrected chi connectivity index (χ3v) is 1.73. The van der Waals surface area contributed by atoms with Crippen LogP contribution in [-0.2, 0) is 20.1 Å². The van der Waals surface area contributed by atoms with Crippen LogP contribution in [0.15, 0.2) is 42.6 Å². The van der Waals surface area contributed by atoms with Crippen molar-refractivity contribution in [1.29, 1.82) is 0 Å². The van der Waals surface area contributed by atoms with Crippen molar-refractivity contribution in [2.45, 2.75) is 7.43 Å². The van der Waals surface area contributed by atoms with Gasteiger partial charge in [0, 0.05) is 32.1 Å². The van der Waals surface area contributed by atoms with Gasteiger partial charge in [0.2, 0.25) is 0 Å². The van der Waals surface area contributed by atoms with E-state index in [-0.39, 0.29) is 33.3 Å². The third-order valence-electron chi connectivity index (χ3n) is 1.73. The zero-order chi connectivity index (χ0) is 9.10. The standard InChI is InChI=1S/C11H8NO.CH4.Ir/c13-10-5-3-4-9(8-10)11-6-1-2-7-12-11;;/h1-3,5-8,13H;1H4;/q-1;;. The molecule has 3 heteroatoms. The van der Waals surface area contributed by atoms with Crippen molar-refractivity contribution in [3.63, 3.8) is 0 Å². The number of aromatic nitrogens is 1. The fourth-order valence-electron chi connectivity index (χ4n) is 1.12. The molecule has 0 bridgehead atoms. The topological polar surface area (TPSA) is 33.1 Å². The smallest absolute Gasteiger partial charge is 0.0348 e. The van der Waals surface area contributed by atoms with Gasteiger partial charge in [-0.15, -0.1) is 29.8 Å². The molecule has 0 fully saturated rings. The number of benzene rings is 1. The van der Waals surface area contributed by atoms with Crippen LogP contribution in [-0.4, -0.2) is 10.1 Å². The van der Waals surface area contributed by atoms with Crippen molar-refractivity contribution in [2.24, 2.45) is 0 Å². The Balaban J connectivity index is 0.000000980. The van der Waals surface area contributed by atoms with Crippen LogP contribution in [0.3, 0.4) is 0 Å². The first-order valence-corrected chi connectivity index (χ1v) is 3.98. The van der Waals surface area contributed by atoms with E-state index in [2.05, 4.69) is 11.1 Å². The van der Waals surface area contributed by atoms with Crippen LogP contribution in [0.5, 0.6) is 5.75 Å². The van der Waals surface area contributed by atoms with E-state index in [0.717, 1.165) is 11.3 Å². The molecule has 1 heterocycles. The minimum Gasteiger partial charge on any atom is -0.527 e. The Morgan fingerprint density at radius 2 is 2.00 bits per heavy atom. The maximum absolute atomic E-state index is 9.23. The van der Waals surface area contributed by atoms with Crippen LogP contribution in [0, 0.1) is 6.07 Å². The van der Waals surface area contributed by atoms with Gasteiger partial charge in [0.15, 0.2) is 0 Å². The Labute approximate surface area is 103 Å². The number of pyridine rings is 1. The Kier molecular flexibility index (Phi) is 5.83. The molecule has 2 nitrogen and oxygen atoms in total. The molecule has 0 aliphatic rings. The molecule has 0 unspecified atom stereocenters. The first kappa shape index (κ1) is 13.8. The summed E-state index contributed by atoms with van der Waals surface area (Å²) in [4.78, 5) is 4.15. The van der Waals surface area contributed by atoms with E-state index >= 15 is 0 Å². The largest absolute Gasteiger partial charge is 0.527 e. The number of rotatable bonds is 1. The quantitative estimate of drug-likeness (QED) is 0.774. The zero-order valence-corrected chi connectivity index (χ0v) is 9.66. The van der Waals surface area contributed by atoms with E-state index in [4.69, 9.17) is 0 Å². The van der Waals surface area contributed by atoms with Gasteiger partial charge in [0.05, 0.1) is 0 Å². The molecule has 0 aliphatic heterocycles. The summed E-state index contributed by atoms with van der Waals surface area (Å²) in [6.45, 7) is 0. The number of hydrogen-bond acceptors (Lipinski definition) is 2. The zero-order valence-electron chi connectivity index (χ0n) is 7.27. The maximum Gasteiger partial charge on any atom is 0.0348 e. The fourth-order valence-corrected chi connectivity index (χ4v) is 1.12. The van der Waals surface area contributed by atoms with Gasteiger partial charge in [0.25, 0.3) is 0 Å². The Bertz CT molecular complexity index is 403. The second-order valence-corrected chi connectivity index (χ2v) is 2.68. The Hall–Kier alpha value is -1.18. The molecule has 1 radical (unpaired) electrons. The summed E-state index contributed by atoms with van der Waals surface area (Å²) in [5, 5.41) is 9.23. The van der Waals surface area contributed by atoms with Crippen molar-refractivity contribution < 1.29 is 25.2 Å². The normalized spacial score (nSPS) is 8.53. The molecule has 1 aromatic carbocycles. The SMILES string of the molecule is C.Oc1cc[c-]c(-c2ccccn2)c1.[Ir]. The predicted molar refractivity (Wildman–Crippen MR) is 56.9 cm³/mol. The van der Waals surface area contributed by atoms with E-state index in [1.54, 1.807) is 24.4 Å². The van der Waals surface area contributed by atoms with Gasteiger partial charge >= 0.3 is 0 Å². The number of nitrogens with zero attached hydrogens (tertiary/aromatic N) is 1. The number of phenolic OH excluding ortho intramolecular Hbond substituents is 1. The first-order valence-electron chi connectivity index (χ1n) is 3.98. The second-order valence-electron chi connectivity index (χ2n) is 2.68. The van der Waals surface area contributed by atoms with Gasteiger partial charge in [-0.3, -0.25) is 0 Å². The van der Waals surface area contributed by atoms with Crippen LogP contribution in [0.2, 0.25) is 0 Å². The van der Waals surface area contributed by atoms with Crippen molar-refractivity contribution in [2.75, 3.05) is 0 Å². The van der Waals surface area contributed by atoms with Gasteiger partial charge in [-0.25, -0.2) is 0 Å². The van der Waals surface area contributed by atoms with Crippen molar-refractivity contribution >= 4 is 0 Å². The van der Waals surface area contributed by atoms with Gasteiger partial charge in [-0.05, 0) is 11.8 Å². The van der Waals surface area contributed by atoms with Crippen molar-refractivity contribution in [1.82, 2.24) is 4.98 Å². The average molecular weight is 378 g/mol. The van der Waals surface area contributed by atoms with Gasteiger partial charge < -0.3 is 10.1 Å². The van der Waals surface area contributed by atoms with Gasteiger partial charge in [-0.2, -0.15) is 0 Å². The van der Waals surface area contributed by atoms with E-state index in [0.29, 0.717) is 0 Å². The second kappa shape index (κ2) is 6.33. The molecule has 81 valence electrons. The first-order chi connectivity index (χ1) is 6.36. The number of aromatic hydroxyl groups is 1. The van der Waals surface area contributed by atoms with Crippen molar-refractivity contribution in [3.8, 4) is 17.0 Å². The minimum atomic E-state index is 0. The van der Waals surface area contributed by atoms with Crippen LogP contribution in [0.1, 0.15) is 7.43 Å². The molecule has 0 saturated carbocycles. The summed E-state index contributed by atoms with van der Waals surface area (Å²) in [6, 6.07) is 13.6. The molecular formula is C12H12IrNO-. The summed E-state index contributed by atoms with van der Waals surface area (Å²) in [7, 11) is 0. The van der Waals surface area contributed by atoms with Gasteiger partial charge in [-0.1, -0.05) is 19.6 Å². The average Bonchev–Trinajstić information content (AvgIpc) is 2.19. The van der Waals surface area contributed by atoms with E-state index < -0.39 is 0 Å². The Morgan fingerprint density at radius 1 is 1.20 bits per heavy atom. The molecule has 2 aromatic rings. The number of hydrogen-bond donors (Lipinski definition) is 1. The molecule has 0 amide bonds. The van der Waals surface area contributed by atoms with Crippen molar-refractivity contribution in [3.05, 3.63) is 48.7 Å². The maximum atomic E-state index is 9.23. The van der Waals surface area contributed by atoms with E-state index in [9.17, 15) is 5.11 Å². The molecule has 1 N–H and O–H groups in total. The van der Waals surface area contributed by atoms with Gasteiger partial charge in [0.1, 0.15) is 0 Å². The molecule has 15 heavy (non-hydrogen) atoms. The molecule has 1 aromatic heterocycles.